The summed E-state index contributed by atoms with van der Waals surface area (Å²) in [6.07, 6.45) is 1.41. The molecule has 0 radical (unpaired) electrons. The van der Waals surface area contributed by atoms with Gasteiger partial charge in [-0.3, -0.25) is 9.59 Å². The van der Waals surface area contributed by atoms with Crippen LogP contribution in [0.25, 0.3) is 6.08 Å². The maximum atomic E-state index is 12.4. The van der Waals surface area contributed by atoms with Crippen LogP contribution in [0.5, 0.6) is 17.2 Å². The zero-order valence-corrected chi connectivity index (χ0v) is 15.1. The van der Waals surface area contributed by atoms with Crippen LogP contribution < -0.4 is 19.5 Å². The first-order chi connectivity index (χ1) is 13.0. The summed E-state index contributed by atoms with van der Waals surface area (Å²) < 4.78 is 15.3. The summed E-state index contributed by atoms with van der Waals surface area (Å²) in [5, 5.41) is 12.0. The van der Waals surface area contributed by atoms with Crippen molar-refractivity contribution in [1.29, 1.82) is 5.26 Å². The van der Waals surface area contributed by atoms with E-state index in [1.165, 1.54) is 33.3 Å². The van der Waals surface area contributed by atoms with Crippen LogP contribution in [-0.2, 0) is 9.59 Å². The van der Waals surface area contributed by atoms with Gasteiger partial charge in [0, 0.05) is 18.7 Å². The number of amides is 1. The Morgan fingerprint density at radius 1 is 1.07 bits per heavy atom. The molecule has 0 unspecified atom stereocenters. The monoisotopic (exact) mass is 366 g/mol. The van der Waals surface area contributed by atoms with E-state index in [1.807, 2.05) is 6.07 Å². The largest absolute Gasteiger partial charge is 0.497 e. The van der Waals surface area contributed by atoms with Crippen LogP contribution in [-0.4, -0.2) is 26.1 Å². The molecule has 1 N–H and O–H groups in total. The molecule has 0 atom stereocenters. The highest BCUT2D eigenvalue weighted by Crippen LogP contribution is 2.29. The molecule has 138 valence electrons. The van der Waals surface area contributed by atoms with E-state index in [-0.39, 0.29) is 11.3 Å². The Balaban J connectivity index is 2.25. The highest BCUT2D eigenvalue weighted by Gasteiger charge is 2.12. The molecule has 0 saturated heterocycles. The molecule has 0 aromatic heterocycles. The number of carbonyl (C=O) groups excluding carboxylic acids is 2. The number of carbonyl (C=O) groups is 2. The molecule has 0 bridgehead atoms. The van der Waals surface area contributed by atoms with E-state index in [0.717, 1.165) is 0 Å². The van der Waals surface area contributed by atoms with Gasteiger partial charge in [0.2, 0.25) is 0 Å². The predicted octanol–water partition coefficient (Wildman–Crippen LogP) is 3.17. The van der Waals surface area contributed by atoms with Gasteiger partial charge in [0.05, 0.1) is 14.2 Å². The molecule has 2 aromatic rings. The molecular weight excluding hydrogens is 348 g/mol. The Labute approximate surface area is 156 Å². The van der Waals surface area contributed by atoms with Crippen LogP contribution in [0.4, 0.5) is 5.69 Å². The predicted molar refractivity (Wildman–Crippen MR) is 99.5 cm³/mol. The molecule has 0 heterocycles. The van der Waals surface area contributed by atoms with E-state index >= 15 is 0 Å². The maximum Gasteiger partial charge on any atom is 0.308 e. The summed E-state index contributed by atoms with van der Waals surface area (Å²) in [6, 6.07) is 13.4. The molecule has 0 aliphatic carbocycles. The lowest BCUT2D eigenvalue weighted by Gasteiger charge is -2.09. The maximum absolute atomic E-state index is 12.4. The van der Waals surface area contributed by atoms with Gasteiger partial charge in [0.1, 0.15) is 17.4 Å². The van der Waals surface area contributed by atoms with Crippen LogP contribution in [0.15, 0.2) is 48.0 Å². The van der Waals surface area contributed by atoms with E-state index in [0.29, 0.717) is 22.7 Å². The lowest BCUT2D eigenvalue weighted by atomic mass is 10.1. The fraction of sp³-hybridized carbons (Fsp3) is 0.150. The quantitative estimate of drug-likeness (QED) is 0.365. The smallest absolute Gasteiger partial charge is 0.308 e. The molecule has 0 spiro atoms. The summed E-state index contributed by atoms with van der Waals surface area (Å²) in [7, 11) is 2.95. The van der Waals surface area contributed by atoms with Crippen molar-refractivity contribution in [1.82, 2.24) is 0 Å². The minimum absolute atomic E-state index is 0.0971. The highest BCUT2D eigenvalue weighted by molar-refractivity contribution is 6.09. The number of ether oxygens (including phenoxy) is 3. The van der Waals surface area contributed by atoms with Crippen LogP contribution in [0.3, 0.4) is 0 Å². The number of methoxy groups -OCH3 is 2. The Morgan fingerprint density at radius 2 is 1.85 bits per heavy atom. The minimum Gasteiger partial charge on any atom is -0.497 e. The molecule has 7 heteroatoms. The van der Waals surface area contributed by atoms with Gasteiger partial charge in [-0.2, -0.15) is 5.26 Å². The molecule has 0 fully saturated rings. The number of hydrogen-bond acceptors (Lipinski definition) is 6. The van der Waals surface area contributed by atoms with Crippen molar-refractivity contribution in [2.75, 3.05) is 19.5 Å². The molecule has 0 aliphatic rings. The second-order valence-electron chi connectivity index (χ2n) is 5.36. The Morgan fingerprint density at radius 3 is 2.48 bits per heavy atom. The molecule has 2 rings (SSSR count). The zero-order valence-electron chi connectivity index (χ0n) is 15.1. The lowest BCUT2D eigenvalue weighted by molar-refractivity contribution is -0.132. The van der Waals surface area contributed by atoms with Gasteiger partial charge in [-0.25, -0.2) is 0 Å². The number of anilines is 1. The van der Waals surface area contributed by atoms with Gasteiger partial charge < -0.3 is 19.5 Å². The van der Waals surface area contributed by atoms with E-state index in [2.05, 4.69) is 5.32 Å². The Hall–Kier alpha value is -3.79. The number of hydrogen-bond donors (Lipinski definition) is 1. The van der Waals surface area contributed by atoms with Gasteiger partial charge in [-0.05, 0) is 35.9 Å². The highest BCUT2D eigenvalue weighted by atomic mass is 16.6. The Kier molecular flexibility index (Phi) is 6.55. The van der Waals surface area contributed by atoms with Gasteiger partial charge in [-0.1, -0.05) is 12.1 Å². The molecule has 0 saturated carbocycles. The zero-order chi connectivity index (χ0) is 19.8. The van der Waals surface area contributed by atoms with Gasteiger partial charge >= 0.3 is 5.97 Å². The fourth-order valence-electron chi connectivity index (χ4n) is 2.23. The summed E-state index contributed by atoms with van der Waals surface area (Å²) in [4.78, 5) is 23.5. The molecule has 2 aromatic carbocycles. The van der Waals surface area contributed by atoms with Crippen LogP contribution >= 0.6 is 0 Å². The van der Waals surface area contributed by atoms with Crippen molar-refractivity contribution in [3.63, 3.8) is 0 Å². The summed E-state index contributed by atoms with van der Waals surface area (Å²) in [6.45, 7) is 1.28. The number of benzene rings is 2. The fourth-order valence-corrected chi connectivity index (χ4v) is 2.23. The number of nitrogens with zero attached hydrogens (tertiary/aromatic N) is 1. The van der Waals surface area contributed by atoms with Gasteiger partial charge in [0.25, 0.3) is 5.91 Å². The average molecular weight is 366 g/mol. The van der Waals surface area contributed by atoms with Gasteiger partial charge in [0.15, 0.2) is 11.5 Å². The summed E-state index contributed by atoms with van der Waals surface area (Å²) in [5.74, 6) is 0.104. The first kappa shape index (κ1) is 19.5. The standard InChI is InChI=1S/C20H18N2O5/c1-13(23)27-18-8-7-14(10-19(18)26-3)9-15(12-21)20(24)22-16-5-4-6-17(11-16)25-2/h4-11H,1-3H3,(H,22,24)/b15-9+. The first-order valence-electron chi connectivity index (χ1n) is 7.90. The summed E-state index contributed by atoms with van der Waals surface area (Å²) in [5.41, 5.74) is 0.948. The molecule has 1 amide bonds. The third kappa shape index (κ3) is 5.34. The van der Waals surface area contributed by atoms with Crippen LogP contribution in [0.2, 0.25) is 0 Å². The van der Waals surface area contributed by atoms with Crippen molar-refractivity contribution < 1.29 is 23.8 Å². The third-order valence-corrected chi connectivity index (χ3v) is 3.45. The Bertz CT molecular complexity index is 928. The number of esters is 1. The molecular formula is C20H18N2O5. The van der Waals surface area contributed by atoms with Crippen molar-refractivity contribution >= 4 is 23.6 Å². The average Bonchev–Trinajstić information content (AvgIpc) is 2.66. The summed E-state index contributed by atoms with van der Waals surface area (Å²) >= 11 is 0. The van der Waals surface area contributed by atoms with E-state index in [4.69, 9.17) is 14.2 Å². The number of nitriles is 1. The second kappa shape index (κ2) is 9.06. The second-order valence-corrected chi connectivity index (χ2v) is 5.36. The normalized spacial score (nSPS) is 10.5. The van der Waals surface area contributed by atoms with Crippen LogP contribution in [0.1, 0.15) is 12.5 Å². The first-order valence-corrected chi connectivity index (χ1v) is 7.90. The van der Waals surface area contributed by atoms with E-state index < -0.39 is 11.9 Å². The van der Waals surface area contributed by atoms with E-state index in [9.17, 15) is 14.9 Å². The minimum atomic E-state index is -0.561. The van der Waals surface area contributed by atoms with Crippen LogP contribution in [0, 0.1) is 11.3 Å². The molecule has 0 aliphatic heterocycles. The van der Waals surface area contributed by atoms with Gasteiger partial charge in [-0.15, -0.1) is 0 Å². The van der Waals surface area contributed by atoms with Crippen molar-refractivity contribution in [3.8, 4) is 23.3 Å². The topological polar surface area (TPSA) is 97.6 Å². The van der Waals surface area contributed by atoms with E-state index in [1.54, 1.807) is 36.4 Å². The van der Waals surface area contributed by atoms with Crippen molar-refractivity contribution in [3.05, 3.63) is 53.6 Å². The number of nitrogens with one attached hydrogen (secondary N) is 1. The van der Waals surface area contributed by atoms with Crippen molar-refractivity contribution in [2.24, 2.45) is 0 Å². The molecule has 27 heavy (non-hydrogen) atoms. The number of rotatable bonds is 6. The third-order valence-electron chi connectivity index (χ3n) is 3.45. The lowest BCUT2D eigenvalue weighted by Crippen LogP contribution is -2.13. The SMILES string of the molecule is COc1cccc(NC(=O)/C(C#N)=C/c2ccc(OC(C)=O)c(OC)c2)c1. The molecule has 7 nitrogen and oxygen atoms in total. The van der Waals surface area contributed by atoms with Crippen molar-refractivity contribution in [2.45, 2.75) is 6.92 Å².